The van der Waals surface area contributed by atoms with Crippen molar-refractivity contribution in [2.75, 3.05) is 37.6 Å². The van der Waals surface area contributed by atoms with Gasteiger partial charge in [0.25, 0.3) is 0 Å². The third-order valence-electron chi connectivity index (χ3n) is 2.12. The largest absolute Gasteiger partial charge is 0.374 e. The van der Waals surface area contributed by atoms with Crippen molar-refractivity contribution in [1.29, 1.82) is 0 Å². The van der Waals surface area contributed by atoms with Crippen molar-refractivity contribution in [2.45, 2.75) is 6.10 Å². The van der Waals surface area contributed by atoms with Crippen LogP contribution in [0.2, 0.25) is 0 Å². The van der Waals surface area contributed by atoms with Crippen LogP contribution in [0.25, 0.3) is 0 Å². The van der Waals surface area contributed by atoms with Crippen LogP contribution in [0.3, 0.4) is 0 Å². The molecule has 1 unspecified atom stereocenters. The molecular formula is C7H16N2O5S2. The molecule has 16 heavy (non-hydrogen) atoms. The van der Waals surface area contributed by atoms with Crippen LogP contribution in [-0.4, -0.2) is 64.8 Å². The number of nitrogens with two attached hydrogens (primary N) is 1. The molecule has 1 aliphatic rings. The maximum absolute atomic E-state index is 11.7. The fourth-order valence-electron chi connectivity index (χ4n) is 1.43. The first-order valence-corrected chi connectivity index (χ1v) is 8.39. The number of sulfone groups is 1. The molecule has 0 saturated carbocycles. The molecule has 7 nitrogen and oxygen atoms in total. The third kappa shape index (κ3) is 3.98. The molecule has 0 aromatic heterocycles. The molecule has 0 amide bonds. The summed E-state index contributed by atoms with van der Waals surface area (Å²) in [6.45, 7) is 0.748. The summed E-state index contributed by atoms with van der Waals surface area (Å²) >= 11 is 0. The van der Waals surface area contributed by atoms with E-state index in [0.29, 0.717) is 0 Å². The number of morpholine rings is 1. The van der Waals surface area contributed by atoms with Crippen LogP contribution in [0, 0.1) is 0 Å². The van der Waals surface area contributed by atoms with E-state index in [1.807, 2.05) is 0 Å². The van der Waals surface area contributed by atoms with E-state index in [9.17, 15) is 16.8 Å². The SMILES string of the molecule is CS(=O)(=O)CS(=O)(=O)N1CCOC(CN)C1. The summed E-state index contributed by atoms with van der Waals surface area (Å²) in [5.41, 5.74) is 5.37. The van der Waals surface area contributed by atoms with Gasteiger partial charge in [-0.05, 0) is 0 Å². The Bertz CT molecular complexity index is 430. The smallest absolute Gasteiger partial charge is 0.228 e. The summed E-state index contributed by atoms with van der Waals surface area (Å²) in [4.78, 5) is 0. The predicted octanol–water partition coefficient (Wildman–Crippen LogP) is -2.02. The van der Waals surface area contributed by atoms with E-state index < -0.39 is 24.9 Å². The minimum absolute atomic E-state index is 0.119. The van der Waals surface area contributed by atoms with Crippen LogP contribution >= 0.6 is 0 Å². The van der Waals surface area contributed by atoms with Gasteiger partial charge in [0, 0.05) is 25.9 Å². The van der Waals surface area contributed by atoms with Gasteiger partial charge in [0.05, 0.1) is 12.7 Å². The first-order chi connectivity index (χ1) is 7.24. The van der Waals surface area contributed by atoms with Crippen LogP contribution in [0.5, 0.6) is 0 Å². The Kier molecular flexibility index (Phi) is 4.29. The van der Waals surface area contributed by atoms with E-state index in [-0.39, 0.29) is 32.3 Å². The molecule has 1 rings (SSSR count). The van der Waals surface area contributed by atoms with Crippen LogP contribution < -0.4 is 5.73 Å². The topological polar surface area (TPSA) is 107 Å². The highest BCUT2D eigenvalue weighted by Crippen LogP contribution is 2.11. The van der Waals surface area contributed by atoms with Gasteiger partial charge in [-0.25, -0.2) is 16.8 Å². The summed E-state index contributed by atoms with van der Waals surface area (Å²) in [6.07, 6.45) is 0.536. The number of ether oxygens (including phenoxy) is 1. The van der Waals surface area contributed by atoms with E-state index in [1.54, 1.807) is 0 Å². The molecule has 96 valence electrons. The molecule has 1 saturated heterocycles. The molecule has 2 N–H and O–H groups in total. The van der Waals surface area contributed by atoms with Gasteiger partial charge in [0.2, 0.25) is 10.0 Å². The molecular weight excluding hydrogens is 256 g/mol. The summed E-state index contributed by atoms with van der Waals surface area (Å²) in [6, 6.07) is 0. The van der Waals surface area contributed by atoms with Gasteiger partial charge >= 0.3 is 0 Å². The molecule has 9 heteroatoms. The quantitative estimate of drug-likeness (QED) is 0.633. The summed E-state index contributed by atoms with van der Waals surface area (Å²) in [5, 5.41) is -0.864. The van der Waals surface area contributed by atoms with E-state index in [4.69, 9.17) is 10.5 Å². The second-order valence-corrected chi connectivity index (χ2v) is 8.22. The Balaban J connectivity index is 2.76. The Morgan fingerprint density at radius 2 is 2.00 bits per heavy atom. The van der Waals surface area contributed by atoms with Gasteiger partial charge in [0.1, 0.15) is 0 Å². The molecule has 1 fully saturated rings. The van der Waals surface area contributed by atoms with E-state index in [0.717, 1.165) is 10.6 Å². The van der Waals surface area contributed by atoms with Crippen molar-refractivity contribution in [3.05, 3.63) is 0 Å². The maximum Gasteiger partial charge on any atom is 0.228 e. The summed E-state index contributed by atoms with van der Waals surface area (Å²) in [5.74, 6) is 0. The molecule has 0 bridgehead atoms. The van der Waals surface area contributed by atoms with Crippen LogP contribution in [0.4, 0.5) is 0 Å². The van der Waals surface area contributed by atoms with Crippen LogP contribution in [-0.2, 0) is 24.6 Å². The van der Waals surface area contributed by atoms with E-state index >= 15 is 0 Å². The first kappa shape index (κ1) is 13.8. The lowest BCUT2D eigenvalue weighted by Crippen LogP contribution is -2.49. The zero-order chi connectivity index (χ0) is 12.4. The lowest BCUT2D eigenvalue weighted by molar-refractivity contribution is 0.00465. The van der Waals surface area contributed by atoms with Gasteiger partial charge in [0.15, 0.2) is 14.9 Å². The molecule has 0 aromatic carbocycles. The normalized spacial score (nSPS) is 24.5. The van der Waals surface area contributed by atoms with Gasteiger partial charge in [-0.15, -0.1) is 0 Å². The first-order valence-electron chi connectivity index (χ1n) is 4.72. The van der Waals surface area contributed by atoms with Gasteiger partial charge in [-0.3, -0.25) is 0 Å². The molecule has 1 atom stereocenters. The van der Waals surface area contributed by atoms with Crippen molar-refractivity contribution < 1.29 is 21.6 Å². The fraction of sp³-hybridized carbons (Fsp3) is 1.00. The Hall–Kier alpha value is -0.220. The summed E-state index contributed by atoms with van der Waals surface area (Å²) < 4.78 is 51.7. The average Bonchev–Trinajstić information content (AvgIpc) is 2.14. The molecule has 1 aliphatic heterocycles. The zero-order valence-electron chi connectivity index (χ0n) is 9.00. The lowest BCUT2D eigenvalue weighted by atomic mass is 10.3. The van der Waals surface area contributed by atoms with Crippen molar-refractivity contribution in [3.63, 3.8) is 0 Å². The second kappa shape index (κ2) is 4.96. The minimum atomic E-state index is -3.77. The Morgan fingerprint density at radius 3 is 2.50 bits per heavy atom. The third-order valence-corrected chi connectivity index (χ3v) is 6.14. The number of rotatable bonds is 4. The zero-order valence-corrected chi connectivity index (χ0v) is 10.6. The standard InChI is InChI=1S/C7H16N2O5S2/c1-15(10,11)6-16(12,13)9-2-3-14-7(4-8)5-9/h7H,2-6,8H2,1H3. The van der Waals surface area contributed by atoms with Crippen molar-refractivity contribution in [2.24, 2.45) is 5.73 Å². The fourth-order valence-corrected chi connectivity index (χ4v) is 4.94. The van der Waals surface area contributed by atoms with E-state index in [1.165, 1.54) is 0 Å². The molecule has 1 heterocycles. The van der Waals surface area contributed by atoms with Crippen molar-refractivity contribution >= 4 is 19.9 Å². The number of hydrogen-bond acceptors (Lipinski definition) is 6. The predicted molar refractivity (Wildman–Crippen MR) is 59.0 cm³/mol. The average molecular weight is 272 g/mol. The second-order valence-electron chi connectivity index (χ2n) is 3.74. The van der Waals surface area contributed by atoms with Gasteiger partial charge < -0.3 is 10.5 Å². The molecule has 0 spiro atoms. The maximum atomic E-state index is 11.7. The Morgan fingerprint density at radius 1 is 1.38 bits per heavy atom. The van der Waals surface area contributed by atoms with Crippen molar-refractivity contribution in [1.82, 2.24) is 4.31 Å². The van der Waals surface area contributed by atoms with Gasteiger partial charge in [-0.1, -0.05) is 0 Å². The number of hydrogen-bond donors (Lipinski definition) is 1. The number of nitrogens with zero attached hydrogens (tertiary/aromatic N) is 1. The lowest BCUT2D eigenvalue weighted by Gasteiger charge is -2.31. The highest BCUT2D eigenvalue weighted by molar-refractivity contribution is 8.06. The minimum Gasteiger partial charge on any atom is -0.374 e. The van der Waals surface area contributed by atoms with Crippen LogP contribution in [0.15, 0.2) is 0 Å². The highest BCUT2D eigenvalue weighted by atomic mass is 32.3. The molecule has 0 aliphatic carbocycles. The van der Waals surface area contributed by atoms with E-state index in [2.05, 4.69) is 0 Å². The van der Waals surface area contributed by atoms with Gasteiger partial charge in [-0.2, -0.15) is 4.31 Å². The highest BCUT2D eigenvalue weighted by Gasteiger charge is 2.31. The number of sulfonamides is 1. The molecule has 0 radical (unpaired) electrons. The summed E-state index contributed by atoms with van der Waals surface area (Å²) in [7, 11) is -7.33. The van der Waals surface area contributed by atoms with Crippen LogP contribution in [0.1, 0.15) is 0 Å². The molecule has 0 aromatic rings. The van der Waals surface area contributed by atoms with Crippen molar-refractivity contribution in [3.8, 4) is 0 Å². The monoisotopic (exact) mass is 272 g/mol. The Labute approximate surface area is 95.5 Å².